The van der Waals surface area contributed by atoms with E-state index in [2.05, 4.69) is 35.1 Å². The summed E-state index contributed by atoms with van der Waals surface area (Å²) in [5.74, 6) is 0. The summed E-state index contributed by atoms with van der Waals surface area (Å²) in [7, 11) is -9.10. The van der Waals surface area contributed by atoms with E-state index in [4.69, 9.17) is 5.14 Å². The van der Waals surface area contributed by atoms with Crippen LogP contribution in [0.3, 0.4) is 0 Å². The predicted octanol–water partition coefficient (Wildman–Crippen LogP) is 3.45. The molecule has 29 heavy (non-hydrogen) atoms. The minimum absolute atomic E-state index is 0.0340. The van der Waals surface area contributed by atoms with Crippen molar-refractivity contribution in [3.63, 3.8) is 0 Å². The fourth-order valence-corrected chi connectivity index (χ4v) is 10.5. The molecule has 0 radical (unpaired) electrons. The Morgan fingerprint density at radius 2 is 1.24 bits per heavy atom. The quantitative estimate of drug-likeness (QED) is 0.620. The molecule has 2 aromatic rings. The maximum atomic E-state index is 12.4. The summed E-state index contributed by atoms with van der Waals surface area (Å²) in [6.45, 7) is 17.2. The van der Waals surface area contributed by atoms with E-state index in [0.717, 1.165) is 16.3 Å². The lowest BCUT2D eigenvalue weighted by Crippen LogP contribution is -2.54. The molecule has 0 saturated carbocycles. The molecule has 0 aromatic carbocycles. The Balaban J connectivity index is 0.000000326. The number of hydrogen-bond donors (Lipinski definition) is 2. The van der Waals surface area contributed by atoms with Gasteiger partial charge in [0.15, 0.2) is 8.42 Å². The zero-order chi connectivity index (χ0) is 23.0. The van der Waals surface area contributed by atoms with E-state index >= 15 is 0 Å². The first-order chi connectivity index (χ1) is 12.8. The van der Waals surface area contributed by atoms with Gasteiger partial charge in [0.05, 0.1) is 21.4 Å². The van der Waals surface area contributed by atoms with Crippen LogP contribution in [-0.2, 0) is 20.0 Å². The first-order valence-electron chi connectivity index (χ1n) is 8.73. The van der Waals surface area contributed by atoms with E-state index in [1.165, 1.54) is 11.3 Å². The lowest BCUT2D eigenvalue weighted by Gasteiger charge is -2.36. The molecule has 0 aliphatic heterocycles. The Bertz CT molecular complexity index is 1080. The van der Waals surface area contributed by atoms with Crippen molar-refractivity contribution in [2.24, 2.45) is 5.14 Å². The summed E-state index contributed by atoms with van der Waals surface area (Å²) >= 11 is 2.33. The zero-order valence-electron chi connectivity index (χ0n) is 18.2. The number of aromatic nitrogens is 2. The number of nitrogens with one attached hydrogen (secondary N) is 1. The van der Waals surface area contributed by atoms with Gasteiger partial charge < -0.3 is 0 Å². The second-order valence-corrected chi connectivity index (χ2v) is 19.6. The molecule has 0 atom stereocenters. The minimum atomic E-state index is -3.56. The topological polar surface area (TPSA) is 132 Å². The molecular weight excluding hydrogens is 469 g/mol. The van der Waals surface area contributed by atoms with Gasteiger partial charge in [0, 0.05) is 0 Å². The second kappa shape index (κ2) is 8.81. The van der Waals surface area contributed by atoms with Crippen molar-refractivity contribution >= 4 is 51.0 Å². The van der Waals surface area contributed by atoms with E-state index in [1.807, 2.05) is 20.0 Å². The number of aryl methyl sites for hydroxylation is 4. The van der Waals surface area contributed by atoms with Crippen molar-refractivity contribution in [3.05, 3.63) is 21.4 Å². The van der Waals surface area contributed by atoms with Crippen molar-refractivity contribution in [2.75, 3.05) is 0 Å². The van der Waals surface area contributed by atoms with Crippen LogP contribution in [0.1, 0.15) is 42.2 Å². The average Bonchev–Trinajstić information content (AvgIpc) is 2.98. The molecule has 0 aliphatic rings. The third-order valence-electron chi connectivity index (χ3n) is 4.49. The number of rotatable bonds is 4. The maximum absolute atomic E-state index is 12.4. The van der Waals surface area contributed by atoms with E-state index in [-0.39, 0.29) is 9.25 Å². The van der Waals surface area contributed by atoms with E-state index in [1.54, 1.807) is 20.8 Å². The molecule has 2 rings (SSSR count). The highest BCUT2D eigenvalue weighted by Gasteiger charge is 2.40. The highest BCUT2D eigenvalue weighted by atomic mass is 32.3. The van der Waals surface area contributed by atoms with Gasteiger partial charge in [-0.1, -0.05) is 33.9 Å². The molecule has 0 fully saturated rings. The van der Waals surface area contributed by atoms with Gasteiger partial charge >= 0.3 is 0 Å². The zero-order valence-corrected chi connectivity index (χ0v) is 22.5. The SMILES string of the molecule is Cc1nc(C)c(S(=O)(=O)N[Si](C)(C)C(C)(C)C)s1.Cc1nc(C)c(S(N)(=O)=O)s1. The largest absolute Gasteiger partial charge is 0.249 e. The number of primary sulfonamides is 1. The van der Waals surface area contributed by atoms with E-state index in [9.17, 15) is 16.8 Å². The van der Waals surface area contributed by atoms with Crippen molar-refractivity contribution in [2.45, 2.75) is 75.0 Å². The lowest BCUT2D eigenvalue weighted by molar-refractivity contribution is 0.590. The molecule has 166 valence electrons. The van der Waals surface area contributed by atoms with Crippen LogP contribution >= 0.6 is 22.7 Å². The Morgan fingerprint density at radius 3 is 1.48 bits per heavy atom. The number of hydrogen-bond acceptors (Lipinski definition) is 8. The summed E-state index contributed by atoms with van der Waals surface area (Å²) in [4.78, 5) is 8.12. The average molecular weight is 499 g/mol. The smallest absolute Gasteiger partial charge is 0.245 e. The van der Waals surface area contributed by atoms with Crippen molar-refractivity contribution in [1.82, 2.24) is 14.4 Å². The number of thiazole rings is 2. The number of nitrogens with zero attached hydrogens (tertiary/aromatic N) is 2. The highest BCUT2D eigenvalue weighted by Crippen LogP contribution is 2.35. The van der Waals surface area contributed by atoms with Crippen LogP contribution in [0, 0.1) is 27.7 Å². The normalized spacial score (nSPS) is 13.2. The summed E-state index contributed by atoms with van der Waals surface area (Å²) in [6, 6.07) is 0. The van der Waals surface area contributed by atoms with Crippen LogP contribution in [0.2, 0.25) is 18.1 Å². The predicted molar refractivity (Wildman–Crippen MR) is 122 cm³/mol. The first-order valence-corrected chi connectivity index (χ1v) is 16.4. The van der Waals surface area contributed by atoms with Crippen LogP contribution in [0.15, 0.2) is 8.42 Å². The van der Waals surface area contributed by atoms with Crippen LogP contribution in [0.5, 0.6) is 0 Å². The standard InChI is InChI=1S/C11H22N2O2S2Si.C5H8N2O2S2/c1-8-10(16-9(2)12-8)17(14,15)13-18(6,7)11(3,4)5;1-3-5(11(6,8)9)10-4(2)7-3/h13H,1-7H3;1-2H3,(H2,6,8,9). The summed E-state index contributed by atoms with van der Waals surface area (Å²) in [6.07, 6.45) is 0. The Morgan fingerprint density at radius 1 is 0.862 bits per heavy atom. The van der Waals surface area contributed by atoms with Gasteiger partial charge in [-0.2, -0.15) is 0 Å². The summed E-state index contributed by atoms with van der Waals surface area (Å²) in [5, 5.41) is 6.37. The molecule has 0 aliphatic carbocycles. The van der Waals surface area contributed by atoms with Crippen LogP contribution < -0.4 is 9.53 Å². The monoisotopic (exact) mass is 498 g/mol. The second-order valence-electron chi connectivity index (χ2n) is 8.24. The molecule has 0 amide bonds. The van der Waals surface area contributed by atoms with Crippen LogP contribution in [-0.4, -0.2) is 35.0 Å². The fourth-order valence-electron chi connectivity index (χ4n) is 2.07. The maximum Gasteiger partial charge on any atom is 0.249 e. The Hall–Kier alpha value is -0.703. The van der Waals surface area contributed by atoms with Gasteiger partial charge in [0.2, 0.25) is 20.0 Å². The summed E-state index contributed by atoms with van der Waals surface area (Å²) in [5.41, 5.74) is 1.07. The number of nitrogens with two attached hydrogens (primary N) is 1. The highest BCUT2D eigenvalue weighted by molar-refractivity contribution is 7.93. The van der Waals surface area contributed by atoms with Crippen molar-refractivity contribution < 1.29 is 16.8 Å². The van der Waals surface area contributed by atoms with Crippen molar-refractivity contribution in [1.29, 1.82) is 0 Å². The molecule has 0 bridgehead atoms. The van der Waals surface area contributed by atoms with Crippen molar-refractivity contribution in [3.8, 4) is 0 Å². The molecule has 0 saturated heterocycles. The number of sulfonamides is 2. The molecular formula is C16H30N4O4S4Si. The van der Waals surface area contributed by atoms with Gasteiger partial charge in [-0.15, -0.1) is 22.7 Å². The molecule has 2 aromatic heterocycles. The molecule has 0 spiro atoms. The Labute approximate surface area is 183 Å². The molecule has 8 nitrogen and oxygen atoms in total. The molecule has 13 heteroatoms. The molecule has 3 N–H and O–H groups in total. The van der Waals surface area contributed by atoms with Crippen LogP contribution in [0.4, 0.5) is 0 Å². The third kappa shape index (κ3) is 6.91. The van der Waals surface area contributed by atoms with Gasteiger partial charge in [-0.3, -0.25) is 0 Å². The summed E-state index contributed by atoms with van der Waals surface area (Å²) < 4.78 is 49.9. The Kier molecular flexibility index (Phi) is 8.00. The van der Waals surface area contributed by atoms with Gasteiger partial charge in [0.25, 0.3) is 0 Å². The van der Waals surface area contributed by atoms with E-state index in [0.29, 0.717) is 20.6 Å². The fraction of sp³-hybridized carbons (Fsp3) is 0.625. The van der Waals surface area contributed by atoms with Gasteiger partial charge in [-0.05, 0) is 32.7 Å². The van der Waals surface area contributed by atoms with E-state index < -0.39 is 28.3 Å². The van der Waals surface area contributed by atoms with Gasteiger partial charge in [0.1, 0.15) is 8.24 Å². The lowest BCUT2D eigenvalue weighted by atomic mass is 10.2. The third-order valence-corrected chi connectivity index (χ3v) is 16.5. The van der Waals surface area contributed by atoms with Gasteiger partial charge in [-0.25, -0.2) is 36.3 Å². The molecule has 0 unspecified atom stereocenters. The first kappa shape index (κ1) is 26.3. The van der Waals surface area contributed by atoms with Crippen LogP contribution in [0.25, 0.3) is 0 Å². The minimum Gasteiger partial charge on any atom is -0.245 e. The molecule has 2 heterocycles.